The molecule has 0 bridgehead atoms. The van der Waals surface area contributed by atoms with Crippen LogP contribution in [0.5, 0.6) is 0 Å². The van der Waals surface area contributed by atoms with Crippen LogP contribution in [0.4, 0.5) is 0 Å². The summed E-state index contributed by atoms with van der Waals surface area (Å²) in [5, 5.41) is 2.72. The predicted octanol–water partition coefficient (Wildman–Crippen LogP) is 1.20. The Morgan fingerprint density at radius 3 is 3.22 bits per heavy atom. The molecule has 3 heteroatoms. The fraction of sp³-hybridized carbons (Fsp3) is 0.167. The Morgan fingerprint density at radius 2 is 2.67 bits per heavy atom. The highest BCUT2D eigenvalue weighted by Crippen LogP contribution is 1.97. The molecular weight excluding hydrogens is 134 g/mol. The Labute approximate surface area is 58.9 Å². The summed E-state index contributed by atoms with van der Waals surface area (Å²) in [5.41, 5.74) is 2.38. The second kappa shape index (κ2) is 3.25. The van der Waals surface area contributed by atoms with E-state index in [0.29, 0.717) is 6.54 Å². The number of hydrogen-bond acceptors (Lipinski definition) is 2. The van der Waals surface area contributed by atoms with Gasteiger partial charge in [0.15, 0.2) is 0 Å². The highest BCUT2D eigenvalue weighted by molar-refractivity contribution is 7.78. The molecule has 0 spiro atoms. The third-order valence-electron chi connectivity index (χ3n) is 0.915. The van der Waals surface area contributed by atoms with E-state index in [1.165, 1.54) is 0 Å². The molecule has 0 saturated carbocycles. The number of nitrogens with one attached hydrogen (secondary N) is 1. The van der Waals surface area contributed by atoms with Crippen LogP contribution in [0.1, 0.15) is 5.76 Å². The molecule has 0 fully saturated rings. The number of furan rings is 1. The molecule has 1 rings (SSSR count). The van der Waals surface area contributed by atoms with Crippen molar-refractivity contribution < 1.29 is 4.42 Å². The van der Waals surface area contributed by atoms with Crippen LogP contribution in [0.2, 0.25) is 0 Å². The summed E-state index contributed by atoms with van der Waals surface area (Å²) in [6.45, 7) is 0.622. The predicted molar refractivity (Wildman–Crippen MR) is 38.1 cm³/mol. The maximum Gasteiger partial charge on any atom is 0.134 e. The smallest absolute Gasteiger partial charge is 0.134 e. The van der Waals surface area contributed by atoms with Crippen molar-refractivity contribution in [1.29, 1.82) is 0 Å². The lowest BCUT2D eigenvalue weighted by atomic mass is 10.4. The van der Waals surface area contributed by atoms with Gasteiger partial charge in [-0.3, -0.25) is 0 Å². The first-order chi connectivity index (χ1) is 4.43. The van der Waals surface area contributed by atoms with Gasteiger partial charge in [-0.25, -0.2) is 0 Å². The van der Waals surface area contributed by atoms with Crippen molar-refractivity contribution in [3.05, 3.63) is 24.2 Å². The van der Waals surface area contributed by atoms with Crippen LogP contribution in [-0.2, 0) is 6.54 Å². The summed E-state index contributed by atoms with van der Waals surface area (Å²) >= 11 is 4.42. The molecule has 0 aliphatic rings. The summed E-state index contributed by atoms with van der Waals surface area (Å²) in [5.74, 6) is 0.868. The van der Waals surface area contributed by atoms with Crippen molar-refractivity contribution in [2.24, 2.45) is 0 Å². The molecule has 1 aromatic heterocycles. The van der Waals surface area contributed by atoms with Gasteiger partial charge in [-0.1, -0.05) is 12.2 Å². The second-order valence-electron chi connectivity index (χ2n) is 1.53. The van der Waals surface area contributed by atoms with Crippen molar-refractivity contribution in [2.75, 3.05) is 0 Å². The first-order valence-electron chi connectivity index (χ1n) is 2.56. The molecule has 2 nitrogen and oxygen atoms in total. The Bertz CT molecular complexity index is 171. The molecule has 1 aromatic rings. The van der Waals surface area contributed by atoms with Gasteiger partial charge in [0.2, 0.25) is 0 Å². The van der Waals surface area contributed by atoms with Gasteiger partial charge in [0.05, 0.1) is 12.8 Å². The van der Waals surface area contributed by atoms with Crippen LogP contribution in [-0.4, -0.2) is 5.49 Å². The maximum absolute atomic E-state index is 4.99. The average Bonchev–Trinajstić information content (AvgIpc) is 2.34. The van der Waals surface area contributed by atoms with Crippen molar-refractivity contribution in [3.63, 3.8) is 0 Å². The molecule has 0 aromatic carbocycles. The van der Waals surface area contributed by atoms with Crippen LogP contribution in [0.25, 0.3) is 0 Å². The molecule has 0 amide bonds. The first kappa shape index (κ1) is 6.29. The van der Waals surface area contributed by atoms with Crippen molar-refractivity contribution in [1.82, 2.24) is 5.32 Å². The summed E-state index contributed by atoms with van der Waals surface area (Å²) in [4.78, 5) is 0. The van der Waals surface area contributed by atoms with E-state index in [-0.39, 0.29) is 0 Å². The zero-order chi connectivity index (χ0) is 6.53. The summed E-state index contributed by atoms with van der Waals surface area (Å²) in [7, 11) is 0. The van der Waals surface area contributed by atoms with Gasteiger partial charge >= 0.3 is 0 Å². The average molecular weight is 140 g/mol. The van der Waals surface area contributed by atoms with E-state index in [4.69, 9.17) is 4.42 Å². The quantitative estimate of drug-likeness (QED) is 0.504. The van der Waals surface area contributed by atoms with E-state index in [0.717, 1.165) is 5.76 Å². The van der Waals surface area contributed by atoms with Crippen molar-refractivity contribution in [2.45, 2.75) is 6.54 Å². The zero-order valence-electron chi connectivity index (χ0n) is 4.76. The van der Waals surface area contributed by atoms with E-state index in [1.807, 2.05) is 12.1 Å². The lowest BCUT2D eigenvalue weighted by Gasteiger charge is -1.90. The minimum Gasteiger partial charge on any atom is -0.467 e. The van der Waals surface area contributed by atoms with E-state index in [9.17, 15) is 0 Å². The van der Waals surface area contributed by atoms with Gasteiger partial charge in [0.25, 0.3) is 0 Å². The van der Waals surface area contributed by atoms with Gasteiger partial charge in [0, 0.05) is 0 Å². The summed E-state index contributed by atoms with van der Waals surface area (Å²) < 4.78 is 4.99. The monoisotopic (exact) mass is 140 g/mol. The minimum absolute atomic E-state index is 0.622. The van der Waals surface area contributed by atoms with E-state index >= 15 is 0 Å². The van der Waals surface area contributed by atoms with E-state index < -0.39 is 0 Å². The molecule has 0 unspecified atom stereocenters. The van der Waals surface area contributed by atoms with Gasteiger partial charge in [-0.05, 0) is 12.1 Å². The number of hydrogen-bond donors (Lipinski definition) is 1. The van der Waals surface area contributed by atoms with Gasteiger partial charge in [-0.2, -0.15) is 0 Å². The Morgan fingerprint density at radius 1 is 1.78 bits per heavy atom. The molecule has 1 N–H and O–H groups in total. The zero-order valence-corrected chi connectivity index (χ0v) is 5.57. The standard InChI is InChI=1S/C6H6NOS/c9-5-7-4-6-2-1-3-8-6/h1-3H,4H2,(H,7,9). The van der Waals surface area contributed by atoms with Gasteiger partial charge in [0.1, 0.15) is 11.3 Å². The van der Waals surface area contributed by atoms with Crippen LogP contribution < -0.4 is 5.32 Å². The molecule has 1 heterocycles. The van der Waals surface area contributed by atoms with E-state index in [1.54, 1.807) is 6.26 Å². The summed E-state index contributed by atoms with van der Waals surface area (Å²) in [6.07, 6.45) is 1.63. The van der Waals surface area contributed by atoms with Crippen molar-refractivity contribution >= 4 is 17.7 Å². The van der Waals surface area contributed by atoms with Crippen LogP contribution in [0.15, 0.2) is 22.8 Å². The Balaban J connectivity index is 2.38. The molecule has 0 aliphatic heterocycles. The van der Waals surface area contributed by atoms with Crippen LogP contribution in [0.3, 0.4) is 0 Å². The van der Waals surface area contributed by atoms with E-state index in [2.05, 4.69) is 23.0 Å². The van der Waals surface area contributed by atoms with Gasteiger partial charge in [-0.15, -0.1) is 0 Å². The third kappa shape index (κ3) is 1.85. The number of rotatable bonds is 3. The molecule has 47 valence electrons. The topological polar surface area (TPSA) is 25.2 Å². The fourth-order valence-corrected chi connectivity index (χ4v) is 0.609. The second-order valence-corrected chi connectivity index (χ2v) is 1.74. The largest absolute Gasteiger partial charge is 0.467 e. The van der Waals surface area contributed by atoms with Gasteiger partial charge < -0.3 is 9.73 Å². The lowest BCUT2D eigenvalue weighted by Crippen LogP contribution is -2.07. The minimum atomic E-state index is 0.622. The number of thiocarbonyl (C=S) groups is 1. The molecular formula is C6H6NOS. The lowest BCUT2D eigenvalue weighted by molar-refractivity contribution is 0.504. The maximum atomic E-state index is 4.99. The summed E-state index contributed by atoms with van der Waals surface area (Å²) in [6, 6.07) is 3.71. The van der Waals surface area contributed by atoms with Crippen LogP contribution >= 0.6 is 12.2 Å². The van der Waals surface area contributed by atoms with Crippen LogP contribution in [0, 0.1) is 0 Å². The molecule has 1 radical (unpaired) electrons. The highest BCUT2D eigenvalue weighted by Gasteiger charge is 1.89. The molecule has 9 heavy (non-hydrogen) atoms. The normalized spacial score (nSPS) is 8.89. The Hall–Kier alpha value is -0.830. The highest BCUT2D eigenvalue weighted by atomic mass is 32.1. The molecule has 0 atom stereocenters. The van der Waals surface area contributed by atoms with Crippen molar-refractivity contribution in [3.8, 4) is 0 Å². The first-order valence-corrected chi connectivity index (χ1v) is 2.96. The Kier molecular flexibility index (Phi) is 2.27. The molecule has 0 saturated heterocycles. The third-order valence-corrected chi connectivity index (χ3v) is 1.06. The molecule has 0 aliphatic carbocycles. The fourth-order valence-electron chi connectivity index (χ4n) is 0.536. The SMILES string of the molecule is S=[C]NCc1ccco1.